The third-order valence-corrected chi connectivity index (χ3v) is 3.09. The van der Waals surface area contributed by atoms with Gasteiger partial charge < -0.3 is 4.57 Å². The molecular weight excluding hydrogens is 269 g/mol. The molecule has 2 aromatic rings. The molecule has 0 aliphatic rings. The van der Waals surface area contributed by atoms with Crippen molar-refractivity contribution < 1.29 is 9.18 Å². The fourth-order valence-corrected chi connectivity index (χ4v) is 1.98. The highest BCUT2D eigenvalue weighted by molar-refractivity contribution is 6.30. The molecule has 0 N–H and O–H groups in total. The largest absolute Gasteiger partial charge is 0.320 e. The van der Waals surface area contributed by atoms with Crippen molar-refractivity contribution in [1.82, 2.24) is 4.57 Å². The highest BCUT2D eigenvalue weighted by atomic mass is 35.5. The fourth-order valence-electron chi connectivity index (χ4n) is 1.81. The zero-order chi connectivity index (χ0) is 14.2. The Bertz CT molecular complexity index is 722. The molecule has 0 aliphatic heterocycles. The van der Waals surface area contributed by atoms with Crippen LogP contribution in [0.4, 0.5) is 4.39 Å². The van der Waals surface area contributed by atoms with E-state index in [0.29, 0.717) is 11.4 Å². The SMILES string of the molecule is CC(=O)c1cn(-c2ccc(F)c(Cl)c2)c(C)cc1=O. The number of carbonyl (C=O) groups excluding carboxylic acids is 1. The first kappa shape index (κ1) is 13.5. The van der Waals surface area contributed by atoms with Gasteiger partial charge in [-0.05, 0) is 32.0 Å². The molecule has 0 saturated heterocycles. The third-order valence-electron chi connectivity index (χ3n) is 2.80. The minimum atomic E-state index is -0.518. The molecule has 98 valence electrons. The molecule has 0 amide bonds. The van der Waals surface area contributed by atoms with E-state index in [-0.39, 0.29) is 21.8 Å². The number of aromatic nitrogens is 1. The lowest BCUT2D eigenvalue weighted by atomic mass is 10.1. The van der Waals surface area contributed by atoms with Crippen molar-refractivity contribution in [1.29, 1.82) is 0 Å². The maximum Gasteiger partial charge on any atom is 0.192 e. The average Bonchev–Trinajstić information content (AvgIpc) is 2.32. The quantitative estimate of drug-likeness (QED) is 0.792. The van der Waals surface area contributed by atoms with Gasteiger partial charge in [-0.15, -0.1) is 0 Å². The molecule has 0 fully saturated rings. The number of ketones is 1. The summed E-state index contributed by atoms with van der Waals surface area (Å²) < 4.78 is 14.8. The molecule has 1 aromatic carbocycles. The van der Waals surface area contributed by atoms with Crippen LogP contribution in [0.15, 0.2) is 35.3 Å². The van der Waals surface area contributed by atoms with Gasteiger partial charge in [-0.25, -0.2) is 4.39 Å². The molecule has 0 aliphatic carbocycles. The van der Waals surface area contributed by atoms with E-state index in [9.17, 15) is 14.0 Å². The number of halogens is 2. The molecule has 1 aromatic heterocycles. The first-order valence-electron chi connectivity index (χ1n) is 5.60. The van der Waals surface area contributed by atoms with Gasteiger partial charge in [-0.2, -0.15) is 0 Å². The molecule has 1 heterocycles. The highest BCUT2D eigenvalue weighted by Gasteiger charge is 2.10. The molecule has 5 heteroatoms. The summed E-state index contributed by atoms with van der Waals surface area (Å²) in [6.45, 7) is 3.05. The normalized spacial score (nSPS) is 10.5. The topological polar surface area (TPSA) is 39.1 Å². The second-order valence-electron chi connectivity index (χ2n) is 4.22. The van der Waals surface area contributed by atoms with Crippen molar-refractivity contribution in [2.45, 2.75) is 13.8 Å². The van der Waals surface area contributed by atoms with Crippen molar-refractivity contribution >= 4 is 17.4 Å². The Labute approximate surface area is 114 Å². The molecule has 0 radical (unpaired) electrons. The van der Waals surface area contributed by atoms with Crippen LogP contribution in [0.25, 0.3) is 5.69 Å². The van der Waals surface area contributed by atoms with Crippen molar-refractivity contribution in [3.63, 3.8) is 0 Å². The minimum absolute atomic E-state index is 0.0139. The summed E-state index contributed by atoms with van der Waals surface area (Å²) in [5, 5.41) is -0.0139. The van der Waals surface area contributed by atoms with Crippen molar-refractivity contribution in [3.05, 3.63) is 62.8 Å². The molecule has 0 unspecified atom stereocenters. The van der Waals surface area contributed by atoms with Gasteiger partial charge >= 0.3 is 0 Å². The summed E-state index contributed by atoms with van der Waals surface area (Å²) in [4.78, 5) is 23.0. The maximum absolute atomic E-state index is 13.1. The zero-order valence-corrected chi connectivity index (χ0v) is 11.2. The van der Waals surface area contributed by atoms with E-state index in [2.05, 4.69) is 0 Å². The van der Waals surface area contributed by atoms with Gasteiger partial charge in [-0.3, -0.25) is 9.59 Å². The summed E-state index contributed by atoms with van der Waals surface area (Å²) in [5.41, 5.74) is 0.990. The summed E-state index contributed by atoms with van der Waals surface area (Å²) in [5.74, 6) is -0.831. The van der Waals surface area contributed by atoms with E-state index in [1.165, 1.54) is 37.4 Å². The number of Topliss-reactive ketones (excluding diaryl/α,β-unsaturated/α-hetero) is 1. The Morgan fingerprint density at radius 3 is 2.58 bits per heavy atom. The molecule has 2 rings (SSSR count). The minimum Gasteiger partial charge on any atom is -0.320 e. The molecule has 0 atom stereocenters. The molecule has 3 nitrogen and oxygen atoms in total. The molecule has 19 heavy (non-hydrogen) atoms. The van der Waals surface area contributed by atoms with Gasteiger partial charge in [0.25, 0.3) is 0 Å². The lowest BCUT2D eigenvalue weighted by molar-refractivity contribution is 0.101. The smallest absolute Gasteiger partial charge is 0.192 e. The number of hydrogen-bond donors (Lipinski definition) is 0. The number of rotatable bonds is 2. The van der Waals surface area contributed by atoms with Crippen LogP contribution in [0.2, 0.25) is 5.02 Å². The third kappa shape index (κ3) is 2.58. The number of benzene rings is 1. The Morgan fingerprint density at radius 2 is 2.00 bits per heavy atom. The summed E-state index contributed by atoms with van der Waals surface area (Å²) in [6.07, 6.45) is 1.45. The zero-order valence-electron chi connectivity index (χ0n) is 10.4. The van der Waals surface area contributed by atoms with Crippen LogP contribution < -0.4 is 5.43 Å². The predicted molar refractivity (Wildman–Crippen MR) is 71.7 cm³/mol. The lowest BCUT2D eigenvalue weighted by Crippen LogP contribution is -2.17. The average molecular weight is 280 g/mol. The van der Waals surface area contributed by atoms with E-state index in [4.69, 9.17) is 11.6 Å². The number of aryl methyl sites for hydroxylation is 1. The van der Waals surface area contributed by atoms with Crippen LogP contribution in [-0.2, 0) is 0 Å². The van der Waals surface area contributed by atoms with Crippen LogP contribution in [-0.4, -0.2) is 10.4 Å². The Balaban J connectivity index is 2.68. The second-order valence-corrected chi connectivity index (χ2v) is 4.62. The molecule has 0 saturated carbocycles. The van der Waals surface area contributed by atoms with Crippen molar-refractivity contribution in [2.75, 3.05) is 0 Å². The first-order chi connectivity index (χ1) is 8.90. The fraction of sp³-hybridized carbons (Fsp3) is 0.143. The van der Waals surface area contributed by atoms with E-state index in [0.717, 1.165) is 0 Å². The summed E-state index contributed by atoms with van der Waals surface area (Å²) >= 11 is 5.73. The van der Waals surface area contributed by atoms with Crippen LogP contribution >= 0.6 is 11.6 Å². The Morgan fingerprint density at radius 1 is 1.32 bits per heavy atom. The Hall–Kier alpha value is -1.94. The summed E-state index contributed by atoms with van der Waals surface area (Å²) in [7, 11) is 0. The van der Waals surface area contributed by atoms with Gasteiger partial charge in [0.2, 0.25) is 0 Å². The van der Waals surface area contributed by atoms with E-state index >= 15 is 0 Å². The van der Waals surface area contributed by atoms with Gasteiger partial charge in [0.15, 0.2) is 11.2 Å². The first-order valence-corrected chi connectivity index (χ1v) is 5.97. The van der Waals surface area contributed by atoms with Crippen LogP contribution in [0, 0.1) is 12.7 Å². The van der Waals surface area contributed by atoms with Gasteiger partial charge in [-0.1, -0.05) is 11.6 Å². The number of hydrogen-bond acceptors (Lipinski definition) is 2. The predicted octanol–water partition coefficient (Wildman–Crippen LogP) is 3.14. The number of pyridine rings is 1. The number of carbonyl (C=O) groups is 1. The van der Waals surface area contributed by atoms with Gasteiger partial charge in [0.1, 0.15) is 5.82 Å². The lowest BCUT2D eigenvalue weighted by Gasteiger charge is -2.12. The maximum atomic E-state index is 13.1. The number of nitrogens with zero attached hydrogens (tertiary/aromatic N) is 1. The standard InChI is InChI=1S/C14H11ClFNO2/c1-8-5-14(19)11(9(2)18)7-17(8)10-3-4-13(16)12(15)6-10/h3-7H,1-2H3. The molecule has 0 bridgehead atoms. The molecular formula is C14H11ClFNO2. The molecule has 0 spiro atoms. The van der Waals surface area contributed by atoms with Crippen molar-refractivity contribution in [2.24, 2.45) is 0 Å². The van der Waals surface area contributed by atoms with Gasteiger partial charge in [0.05, 0.1) is 10.6 Å². The van der Waals surface area contributed by atoms with Gasteiger partial charge in [0, 0.05) is 23.6 Å². The van der Waals surface area contributed by atoms with Crippen LogP contribution in [0.5, 0.6) is 0 Å². The monoisotopic (exact) mass is 279 g/mol. The van der Waals surface area contributed by atoms with E-state index in [1.807, 2.05) is 0 Å². The second kappa shape index (κ2) is 4.97. The van der Waals surface area contributed by atoms with Crippen LogP contribution in [0.3, 0.4) is 0 Å². The Kier molecular flexibility index (Phi) is 3.53. The van der Waals surface area contributed by atoms with E-state index < -0.39 is 5.82 Å². The summed E-state index contributed by atoms with van der Waals surface area (Å²) in [6, 6.07) is 5.58. The van der Waals surface area contributed by atoms with Crippen molar-refractivity contribution in [3.8, 4) is 5.69 Å². The van der Waals surface area contributed by atoms with Crippen LogP contribution in [0.1, 0.15) is 23.0 Å². The highest BCUT2D eigenvalue weighted by Crippen LogP contribution is 2.20. The van der Waals surface area contributed by atoms with E-state index in [1.54, 1.807) is 11.5 Å².